The molecule has 0 aromatic heterocycles. The van der Waals surface area contributed by atoms with E-state index in [1.807, 2.05) is 11.8 Å². The molecule has 0 spiro atoms. The van der Waals surface area contributed by atoms with Crippen molar-refractivity contribution in [2.24, 2.45) is 0 Å². The number of rotatable bonds is 12. The summed E-state index contributed by atoms with van der Waals surface area (Å²) in [5.74, 6) is 0.117. The lowest BCUT2D eigenvalue weighted by molar-refractivity contribution is -0.139. The molecule has 0 saturated carbocycles. The Balaban J connectivity index is 1.62. The Morgan fingerprint density at radius 1 is 1.33 bits per heavy atom. The number of fused-ring (bicyclic) bond motifs is 1. The van der Waals surface area contributed by atoms with E-state index in [4.69, 9.17) is 0 Å². The molecule has 4 N–H and O–H groups in total. The molecular weight excluding hydrogens is 330 g/mol. The molecular formula is C16H27N3O4S. The Kier molecular flexibility index (Phi) is 7.84. The summed E-state index contributed by atoms with van der Waals surface area (Å²) in [5, 5.41) is 18.6. The van der Waals surface area contributed by atoms with Crippen LogP contribution in [0.1, 0.15) is 44.9 Å². The fraction of sp³-hybridized carbons (Fsp3) is 0.812. The molecule has 0 aliphatic carbocycles. The number of carboxylic acids is 1. The van der Waals surface area contributed by atoms with E-state index in [-0.39, 0.29) is 18.1 Å². The number of carbonyl (C=O) groups is 3. The highest BCUT2D eigenvalue weighted by Crippen LogP contribution is 2.33. The van der Waals surface area contributed by atoms with Gasteiger partial charge in [0.25, 0.3) is 0 Å². The quantitative estimate of drug-likeness (QED) is 0.237. The van der Waals surface area contributed by atoms with Crippen molar-refractivity contribution < 1.29 is 19.5 Å². The molecule has 2 amide bonds. The maximum atomic E-state index is 11.3. The van der Waals surface area contributed by atoms with Crippen LogP contribution in [0.15, 0.2) is 0 Å². The van der Waals surface area contributed by atoms with Gasteiger partial charge in [-0.15, -0.1) is 0 Å². The number of thioether (sulfide) groups is 1. The Labute approximate surface area is 146 Å². The number of hydrogen-bond acceptors (Lipinski definition) is 5. The van der Waals surface area contributed by atoms with Crippen LogP contribution in [-0.2, 0) is 9.59 Å². The van der Waals surface area contributed by atoms with Crippen molar-refractivity contribution in [1.29, 1.82) is 0 Å². The van der Waals surface area contributed by atoms with Gasteiger partial charge in [-0.2, -0.15) is 11.8 Å². The van der Waals surface area contributed by atoms with Crippen LogP contribution in [-0.4, -0.2) is 59.1 Å². The molecule has 7 nitrogen and oxygen atoms in total. The topological polar surface area (TPSA) is 108 Å². The van der Waals surface area contributed by atoms with Crippen LogP contribution in [0.5, 0.6) is 0 Å². The highest BCUT2D eigenvalue weighted by atomic mass is 32.2. The minimum absolute atomic E-state index is 0.0880. The van der Waals surface area contributed by atoms with Gasteiger partial charge in [-0.25, -0.2) is 4.79 Å². The second kappa shape index (κ2) is 9.88. The van der Waals surface area contributed by atoms with Crippen molar-refractivity contribution >= 4 is 30.0 Å². The second-order valence-electron chi connectivity index (χ2n) is 6.41. The van der Waals surface area contributed by atoms with Gasteiger partial charge in [-0.05, 0) is 32.2 Å². The van der Waals surface area contributed by atoms with Gasteiger partial charge in [0, 0.05) is 17.4 Å². The molecule has 2 aliphatic rings. The molecule has 8 heteroatoms. The van der Waals surface area contributed by atoms with Crippen LogP contribution in [0.2, 0.25) is 0 Å². The Bertz CT molecular complexity index is 449. The van der Waals surface area contributed by atoms with E-state index in [2.05, 4.69) is 16.0 Å². The highest BCUT2D eigenvalue weighted by Gasteiger charge is 2.42. The van der Waals surface area contributed by atoms with Gasteiger partial charge >= 0.3 is 12.0 Å². The number of unbranched alkanes of at least 4 members (excludes halogenated alkanes) is 3. The molecule has 0 radical (unpaired) electrons. The van der Waals surface area contributed by atoms with Crippen LogP contribution in [0.3, 0.4) is 0 Å². The monoisotopic (exact) mass is 357 g/mol. The highest BCUT2D eigenvalue weighted by molar-refractivity contribution is 8.00. The van der Waals surface area contributed by atoms with Crippen LogP contribution in [0.4, 0.5) is 4.79 Å². The Hall–Kier alpha value is -1.28. The molecule has 0 bridgehead atoms. The number of hydrogen-bond donors (Lipinski definition) is 4. The van der Waals surface area contributed by atoms with E-state index in [9.17, 15) is 19.5 Å². The van der Waals surface area contributed by atoms with Gasteiger partial charge in [0.1, 0.15) is 12.3 Å². The summed E-state index contributed by atoms with van der Waals surface area (Å²) < 4.78 is 0. The molecule has 1 unspecified atom stereocenters. The summed E-state index contributed by atoms with van der Waals surface area (Å²) in [6.07, 6.45) is 6.52. The van der Waals surface area contributed by atoms with E-state index in [0.29, 0.717) is 24.6 Å². The number of urea groups is 1. The smallest absolute Gasteiger partial charge is 0.320 e. The fourth-order valence-corrected chi connectivity index (χ4v) is 4.83. The van der Waals surface area contributed by atoms with Crippen LogP contribution in [0.25, 0.3) is 0 Å². The third-order valence-electron chi connectivity index (χ3n) is 4.61. The van der Waals surface area contributed by atoms with E-state index in [0.717, 1.165) is 44.1 Å². The average molecular weight is 357 g/mol. The molecule has 0 aromatic carbocycles. The van der Waals surface area contributed by atoms with E-state index in [1.54, 1.807) is 0 Å². The van der Waals surface area contributed by atoms with E-state index < -0.39 is 12.0 Å². The van der Waals surface area contributed by atoms with Crippen molar-refractivity contribution in [2.45, 2.75) is 68.3 Å². The first-order valence-electron chi connectivity index (χ1n) is 8.70. The maximum Gasteiger partial charge on any atom is 0.320 e. The SMILES string of the molecule is O=CCCCCCNC(CCC[C@@H]1SC[C@@H]2NC(=O)N[C@@H]21)C(=O)O. The predicted molar refractivity (Wildman–Crippen MR) is 93.3 cm³/mol. The summed E-state index contributed by atoms with van der Waals surface area (Å²) in [4.78, 5) is 32.9. The minimum atomic E-state index is -0.810. The van der Waals surface area contributed by atoms with Gasteiger partial charge in [-0.3, -0.25) is 4.79 Å². The summed E-state index contributed by atoms with van der Waals surface area (Å²) in [6, 6.07) is -0.214. The minimum Gasteiger partial charge on any atom is -0.480 e. The van der Waals surface area contributed by atoms with Crippen molar-refractivity contribution in [3.63, 3.8) is 0 Å². The van der Waals surface area contributed by atoms with Crippen LogP contribution < -0.4 is 16.0 Å². The summed E-state index contributed by atoms with van der Waals surface area (Å²) >= 11 is 1.85. The first kappa shape index (κ1) is 19.1. The van der Waals surface area contributed by atoms with Crippen LogP contribution >= 0.6 is 11.8 Å². The van der Waals surface area contributed by atoms with Crippen molar-refractivity contribution in [2.75, 3.05) is 12.3 Å². The molecule has 4 atom stereocenters. The van der Waals surface area contributed by atoms with Crippen molar-refractivity contribution in [3.05, 3.63) is 0 Å². The van der Waals surface area contributed by atoms with Gasteiger partial charge in [0.15, 0.2) is 0 Å². The van der Waals surface area contributed by atoms with Gasteiger partial charge in [0.05, 0.1) is 12.1 Å². The van der Waals surface area contributed by atoms with Crippen molar-refractivity contribution in [3.8, 4) is 0 Å². The zero-order valence-corrected chi connectivity index (χ0v) is 14.6. The average Bonchev–Trinajstić information content (AvgIpc) is 3.08. The third-order valence-corrected chi connectivity index (χ3v) is 6.12. The van der Waals surface area contributed by atoms with Gasteiger partial charge in [0.2, 0.25) is 0 Å². The number of aldehydes is 1. The third kappa shape index (κ3) is 5.66. The number of carbonyl (C=O) groups excluding carboxylic acids is 2. The fourth-order valence-electron chi connectivity index (χ4n) is 3.28. The second-order valence-corrected chi connectivity index (χ2v) is 7.69. The zero-order chi connectivity index (χ0) is 17.4. The number of nitrogens with one attached hydrogen (secondary N) is 3. The Morgan fingerprint density at radius 2 is 2.17 bits per heavy atom. The molecule has 2 aliphatic heterocycles. The number of carboxylic acid groups (broad SMARTS) is 1. The summed E-state index contributed by atoms with van der Waals surface area (Å²) in [6.45, 7) is 0.665. The Morgan fingerprint density at radius 3 is 2.92 bits per heavy atom. The molecule has 0 aromatic rings. The van der Waals surface area contributed by atoms with Gasteiger partial charge < -0.3 is 25.9 Å². The first-order valence-corrected chi connectivity index (χ1v) is 9.75. The van der Waals surface area contributed by atoms with E-state index >= 15 is 0 Å². The maximum absolute atomic E-state index is 11.3. The summed E-state index contributed by atoms with van der Waals surface area (Å²) in [7, 11) is 0. The molecule has 2 fully saturated rings. The molecule has 2 saturated heterocycles. The first-order chi connectivity index (χ1) is 11.6. The van der Waals surface area contributed by atoms with Crippen LogP contribution in [0, 0.1) is 0 Å². The van der Waals surface area contributed by atoms with E-state index in [1.165, 1.54) is 0 Å². The normalized spacial score (nSPS) is 26.5. The standard InChI is InChI=1S/C16H27N3O4S/c20-9-4-2-1-3-8-17-11(15(21)22)6-5-7-13-14-12(10-24-13)18-16(23)19-14/h9,11-14,17H,1-8,10H2,(H,21,22)(H2,18,19,23)/t11?,12-,13-,14-/m0/s1. The predicted octanol–water partition coefficient (Wildman–Crippen LogP) is 1.12. The summed E-state index contributed by atoms with van der Waals surface area (Å²) in [5.41, 5.74) is 0. The number of aliphatic carboxylic acids is 1. The molecule has 24 heavy (non-hydrogen) atoms. The zero-order valence-electron chi connectivity index (χ0n) is 13.8. The molecule has 2 rings (SSSR count). The lowest BCUT2D eigenvalue weighted by Crippen LogP contribution is -2.38. The molecule has 136 valence electrons. The lowest BCUT2D eigenvalue weighted by atomic mass is 10.0. The van der Waals surface area contributed by atoms with Crippen molar-refractivity contribution in [1.82, 2.24) is 16.0 Å². The largest absolute Gasteiger partial charge is 0.480 e. The number of amides is 2. The molecule has 2 heterocycles. The van der Waals surface area contributed by atoms with Gasteiger partial charge in [-0.1, -0.05) is 12.8 Å². The lowest BCUT2D eigenvalue weighted by Gasteiger charge is -2.18.